The van der Waals surface area contributed by atoms with E-state index in [1.807, 2.05) is 0 Å². The van der Waals surface area contributed by atoms with Gasteiger partial charge in [0.2, 0.25) is 0 Å². The van der Waals surface area contributed by atoms with Crippen molar-refractivity contribution >= 4 is 0 Å². The van der Waals surface area contributed by atoms with Gasteiger partial charge in [0.25, 0.3) is 0 Å². The molecule has 2 nitrogen and oxygen atoms in total. The van der Waals surface area contributed by atoms with Gasteiger partial charge in [-0.25, -0.2) is 0 Å². The van der Waals surface area contributed by atoms with Gasteiger partial charge in [0, 0.05) is 30.5 Å². The van der Waals surface area contributed by atoms with E-state index in [1.165, 1.54) is 0 Å². The fourth-order valence-corrected chi connectivity index (χ4v) is 2.19. The smallest absolute Gasteiger partial charge is 0.389 e. The van der Waals surface area contributed by atoms with Crippen LogP contribution in [0.25, 0.3) is 0 Å². The number of rotatable bonds is 2. The van der Waals surface area contributed by atoms with E-state index >= 15 is 0 Å². The maximum Gasteiger partial charge on any atom is 0.389 e. The van der Waals surface area contributed by atoms with E-state index in [0.717, 1.165) is 17.7 Å². The first-order valence-corrected chi connectivity index (χ1v) is 5.29. The molecule has 0 aliphatic carbocycles. The highest BCUT2D eigenvalue weighted by molar-refractivity contribution is 5.29. The normalized spacial score (nSPS) is 25.5. The summed E-state index contributed by atoms with van der Waals surface area (Å²) in [7, 11) is 0. The summed E-state index contributed by atoms with van der Waals surface area (Å²) in [6.45, 7) is 2.46. The predicted molar refractivity (Wildman–Crippen MR) is 53.1 cm³/mol. The van der Waals surface area contributed by atoms with Gasteiger partial charge in [0.05, 0.1) is 6.26 Å². The van der Waals surface area contributed by atoms with Crippen molar-refractivity contribution in [1.29, 1.82) is 0 Å². The molecule has 0 saturated heterocycles. The largest absolute Gasteiger partial charge is 0.469 e. The van der Waals surface area contributed by atoms with Crippen LogP contribution in [-0.4, -0.2) is 12.7 Å². The summed E-state index contributed by atoms with van der Waals surface area (Å²) >= 11 is 0. The third-order valence-electron chi connectivity index (χ3n) is 3.12. The molecule has 0 spiro atoms. The quantitative estimate of drug-likeness (QED) is 0.849. The molecule has 1 N–H and O–H groups in total. The molecule has 0 radical (unpaired) electrons. The van der Waals surface area contributed by atoms with Crippen LogP contribution in [0, 0.1) is 0 Å². The van der Waals surface area contributed by atoms with Crippen LogP contribution in [0.3, 0.4) is 0 Å². The van der Waals surface area contributed by atoms with Gasteiger partial charge in [0.15, 0.2) is 0 Å². The van der Waals surface area contributed by atoms with E-state index in [0.29, 0.717) is 6.54 Å². The zero-order valence-corrected chi connectivity index (χ0v) is 9.03. The van der Waals surface area contributed by atoms with E-state index in [-0.39, 0.29) is 6.42 Å². The maximum atomic E-state index is 12.2. The minimum absolute atomic E-state index is 0.0447. The zero-order valence-electron chi connectivity index (χ0n) is 9.03. The Balaban J connectivity index is 2.15. The van der Waals surface area contributed by atoms with Crippen LogP contribution in [0.1, 0.15) is 31.1 Å². The van der Waals surface area contributed by atoms with Crippen molar-refractivity contribution in [3.63, 3.8) is 0 Å². The number of alkyl halides is 3. The molecule has 2 rings (SSSR count). The second kappa shape index (κ2) is 3.80. The van der Waals surface area contributed by atoms with Gasteiger partial charge < -0.3 is 9.73 Å². The van der Waals surface area contributed by atoms with Gasteiger partial charge in [-0.05, 0) is 19.4 Å². The van der Waals surface area contributed by atoms with Crippen LogP contribution < -0.4 is 5.32 Å². The van der Waals surface area contributed by atoms with Crippen LogP contribution in [0.2, 0.25) is 0 Å². The van der Waals surface area contributed by atoms with E-state index in [9.17, 15) is 13.2 Å². The highest BCUT2D eigenvalue weighted by Gasteiger charge is 2.37. The molecule has 16 heavy (non-hydrogen) atoms. The number of hydrogen-bond acceptors (Lipinski definition) is 2. The average molecular weight is 233 g/mol. The van der Waals surface area contributed by atoms with Crippen molar-refractivity contribution in [3.8, 4) is 0 Å². The number of nitrogens with one attached hydrogen (secondary N) is 1. The standard InChI is InChI=1S/C11H14F3NO/c1-10(4-5-11(12,13)14)8-3-7-16-9(8)2-6-15-10/h3,7,15H,2,4-6H2,1H3. The van der Waals surface area contributed by atoms with Crippen molar-refractivity contribution in [2.24, 2.45) is 0 Å². The van der Waals surface area contributed by atoms with Crippen molar-refractivity contribution < 1.29 is 17.6 Å². The molecule has 0 saturated carbocycles. The highest BCUT2D eigenvalue weighted by Crippen LogP contribution is 2.36. The van der Waals surface area contributed by atoms with Crippen LogP contribution in [-0.2, 0) is 12.0 Å². The summed E-state index contributed by atoms with van der Waals surface area (Å²) in [5.74, 6) is 0.809. The van der Waals surface area contributed by atoms with E-state index in [1.54, 1.807) is 19.3 Å². The first kappa shape index (κ1) is 11.5. The second-order valence-electron chi connectivity index (χ2n) is 4.38. The van der Waals surface area contributed by atoms with Crippen LogP contribution in [0.4, 0.5) is 13.2 Å². The van der Waals surface area contributed by atoms with Crippen molar-refractivity contribution in [1.82, 2.24) is 5.32 Å². The summed E-state index contributed by atoms with van der Waals surface area (Å²) in [6.07, 6.45) is -2.55. The van der Waals surface area contributed by atoms with Crippen molar-refractivity contribution in [2.75, 3.05) is 6.54 Å². The Morgan fingerprint density at radius 1 is 1.50 bits per heavy atom. The molecule has 1 atom stereocenters. The minimum Gasteiger partial charge on any atom is -0.469 e. The number of fused-ring (bicyclic) bond motifs is 1. The molecule has 1 aromatic rings. The summed E-state index contributed by atoms with van der Waals surface area (Å²) in [4.78, 5) is 0. The predicted octanol–water partition coefficient (Wildman–Crippen LogP) is 2.98. The Morgan fingerprint density at radius 2 is 2.25 bits per heavy atom. The molecule has 1 aromatic heterocycles. The fraction of sp³-hybridized carbons (Fsp3) is 0.636. The first-order chi connectivity index (χ1) is 7.41. The maximum absolute atomic E-state index is 12.2. The van der Waals surface area contributed by atoms with Gasteiger partial charge >= 0.3 is 6.18 Å². The zero-order chi connectivity index (χ0) is 11.8. The van der Waals surface area contributed by atoms with Crippen molar-refractivity contribution in [2.45, 2.75) is 37.9 Å². The lowest BCUT2D eigenvalue weighted by Crippen LogP contribution is -2.45. The molecule has 0 amide bonds. The molecule has 0 aromatic carbocycles. The third kappa shape index (κ3) is 2.24. The molecule has 2 heterocycles. The molecular formula is C11H14F3NO. The summed E-state index contributed by atoms with van der Waals surface area (Å²) in [5.41, 5.74) is 0.249. The lowest BCUT2D eigenvalue weighted by Gasteiger charge is -2.35. The third-order valence-corrected chi connectivity index (χ3v) is 3.12. The second-order valence-corrected chi connectivity index (χ2v) is 4.38. The minimum atomic E-state index is -4.11. The Morgan fingerprint density at radius 3 is 2.94 bits per heavy atom. The van der Waals surface area contributed by atoms with Gasteiger partial charge in [-0.2, -0.15) is 13.2 Å². The van der Waals surface area contributed by atoms with Gasteiger partial charge in [-0.3, -0.25) is 0 Å². The molecule has 1 aliphatic heterocycles. The molecular weight excluding hydrogens is 219 g/mol. The molecule has 0 fully saturated rings. The summed E-state index contributed by atoms with van der Waals surface area (Å²) < 4.78 is 42.0. The number of halogens is 3. The molecule has 0 bridgehead atoms. The topological polar surface area (TPSA) is 25.2 Å². The van der Waals surface area contributed by atoms with Crippen molar-refractivity contribution in [3.05, 3.63) is 23.7 Å². The summed E-state index contributed by atoms with van der Waals surface area (Å²) in [5, 5.41) is 3.15. The Kier molecular flexibility index (Phi) is 2.74. The van der Waals surface area contributed by atoms with Crippen LogP contribution in [0.15, 0.2) is 16.7 Å². The van der Waals surface area contributed by atoms with E-state index in [4.69, 9.17) is 4.42 Å². The number of hydrogen-bond donors (Lipinski definition) is 1. The average Bonchev–Trinajstić information content (AvgIpc) is 2.64. The molecule has 1 aliphatic rings. The summed E-state index contributed by atoms with van der Waals surface area (Å²) in [6, 6.07) is 1.76. The lowest BCUT2D eigenvalue weighted by molar-refractivity contribution is -0.139. The lowest BCUT2D eigenvalue weighted by atomic mass is 9.84. The fourth-order valence-electron chi connectivity index (χ4n) is 2.19. The highest BCUT2D eigenvalue weighted by atomic mass is 19.4. The molecule has 90 valence electrons. The van der Waals surface area contributed by atoms with Gasteiger partial charge in [-0.15, -0.1) is 0 Å². The Bertz CT molecular complexity index is 372. The monoisotopic (exact) mass is 233 g/mol. The van der Waals surface area contributed by atoms with Gasteiger partial charge in [0.1, 0.15) is 5.76 Å². The molecule has 5 heteroatoms. The SMILES string of the molecule is CC1(CCC(F)(F)F)NCCc2occc21. The molecule has 1 unspecified atom stereocenters. The number of furan rings is 1. The van der Waals surface area contributed by atoms with E-state index in [2.05, 4.69) is 5.32 Å². The van der Waals surface area contributed by atoms with Crippen LogP contribution >= 0.6 is 0 Å². The first-order valence-electron chi connectivity index (χ1n) is 5.29. The Labute approximate surface area is 91.8 Å². The van der Waals surface area contributed by atoms with E-state index < -0.39 is 18.1 Å². The van der Waals surface area contributed by atoms with Crippen LogP contribution in [0.5, 0.6) is 0 Å². The Hall–Kier alpha value is -0.970. The van der Waals surface area contributed by atoms with Gasteiger partial charge in [-0.1, -0.05) is 0 Å².